The number of unbranched alkanes of at least 4 members (excludes halogenated alkanes) is 3. The van der Waals surface area contributed by atoms with Crippen LogP contribution in [-0.4, -0.2) is 33.5 Å². The van der Waals surface area contributed by atoms with Crippen LogP contribution < -0.4 is 0 Å². The number of rotatable bonds is 9. The maximum atomic E-state index is 10.2. The van der Waals surface area contributed by atoms with E-state index in [1.165, 1.54) is 6.08 Å². The molecule has 0 saturated carbocycles. The van der Waals surface area contributed by atoms with Gasteiger partial charge in [-0.25, -0.2) is 4.79 Å². The van der Waals surface area contributed by atoms with Crippen molar-refractivity contribution < 1.29 is 20.1 Å². The molecule has 0 unspecified atom stereocenters. The molecule has 3 N–H and O–H groups in total. The second-order valence-corrected chi connectivity index (χ2v) is 4.11. The summed E-state index contributed by atoms with van der Waals surface area (Å²) < 4.78 is 0. The Morgan fingerprint density at radius 2 is 1.69 bits per heavy atom. The van der Waals surface area contributed by atoms with Crippen LogP contribution in [0.4, 0.5) is 0 Å². The van der Waals surface area contributed by atoms with Crippen LogP contribution in [0.3, 0.4) is 0 Å². The minimum absolute atomic E-state index is 0.232. The molecular formula is C12H22O4. The number of aliphatic hydroxyl groups is 2. The third-order valence-electron chi connectivity index (χ3n) is 2.33. The first kappa shape index (κ1) is 15.1. The van der Waals surface area contributed by atoms with Crippen LogP contribution >= 0.6 is 0 Å². The largest absolute Gasteiger partial charge is 0.478 e. The van der Waals surface area contributed by atoms with Crippen LogP contribution in [0.25, 0.3) is 0 Å². The van der Waals surface area contributed by atoms with Crippen molar-refractivity contribution in [3.05, 3.63) is 12.2 Å². The monoisotopic (exact) mass is 230 g/mol. The van der Waals surface area contributed by atoms with E-state index in [0.717, 1.165) is 38.2 Å². The third-order valence-corrected chi connectivity index (χ3v) is 2.33. The van der Waals surface area contributed by atoms with Gasteiger partial charge in [0.25, 0.3) is 0 Å². The second-order valence-electron chi connectivity index (χ2n) is 4.11. The Morgan fingerprint density at radius 3 is 2.19 bits per heavy atom. The molecule has 0 aliphatic carbocycles. The van der Waals surface area contributed by atoms with E-state index in [2.05, 4.69) is 0 Å². The highest BCUT2D eigenvalue weighted by Crippen LogP contribution is 2.09. The molecule has 0 aromatic carbocycles. The van der Waals surface area contributed by atoms with Crippen molar-refractivity contribution in [3.8, 4) is 0 Å². The van der Waals surface area contributed by atoms with Gasteiger partial charge in [-0.05, 0) is 25.8 Å². The highest BCUT2D eigenvalue weighted by Gasteiger charge is 2.00. The summed E-state index contributed by atoms with van der Waals surface area (Å²) in [6.45, 7) is 1.78. The van der Waals surface area contributed by atoms with Crippen LogP contribution in [0.5, 0.6) is 0 Å². The minimum Gasteiger partial charge on any atom is -0.478 e. The molecular weight excluding hydrogens is 208 g/mol. The van der Waals surface area contributed by atoms with Gasteiger partial charge in [-0.3, -0.25) is 0 Å². The molecule has 0 fully saturated rings. The van der Waals surface area contributed by atoms with E-state index in [1.54, 1.807) is 6.92 Å². The SMILES string of the molecule is C[C@@H](O)CCCCCC[C@H](O)/C=C/C(=O)O. The van der Waals surface area contributed by atoms with E-state index in [1.807, 2.05) is 0 Å². The van der Waals surface area contributed by atoms with Crippen LogP contribution in [0.15, 0.2) is 12.2 Å². The molecule has 0 amide bonds. The van der Waals surface area contributed by atoms with Crippen LogP contribution in [-0.2, 0) is 4.79 Å². The Labute approximate surface area is 96.6 Å². The number of aliphatic hydroxyl groups excluding tert-OH is 2. The van der Waals surface area contributed by atoms with Crippen molar-refractivity contribution in [2.24, 2.45) is 0 Å². The predicted octanol–water partition coefficient (Wildman–Crippen LogP) is 1.71. The van der Waals surface area contributed by atoms with E-state index in [4.69, 9.17) is 10.2 Å². The first-order chi connectivity index (χ1) is 7.52. The van der Waals surface area contributed by atoms with Crippen LogP contribution in [0.2, 0.25) is 0 Å². The maximum absolute atomic E-state index is 10.2. The lowest BCUT2D eigenvalue weighted by Crippen LogP contribution is -2.03. The molecule has 0 spiro atoms. The smallest absolute Gasteiger partial charge is 0.328 e. The fourth-order valence-electron chi connectivity index (χ4n) is 1.44. The summed E-state index contributed by atoms with van der Waals surface area (Å²) in [5.41, 5.74) is 0. The van der Waals surface area contributed by atoms with Gasteiger partial charge in [0, 0.05) is 6.08 Å². The zero-order valence-corrected chi connectivity index (χ0v) is 9.80. The van der Waals surface area contributed by atoms with Crippen molar-refractivity contribution in [3.63, 3.8) is 0 Å². The Balaban J connectivity index is 3.34. The van der Waals surface area contributed by atoms with Gasteiger partial charge in [-0.1, -0.05) is 25.7 Å². The van der Waals surface area contributed by atoms with Gasteiger partial charge in [0.15, 0.2) is 0 Å². The fraction of sp³-hybridized carbons (Fsp3) is 0.750. The summed E-state index contributed by atoms with van der Waals surface area (Å²) in [6.07, 6.45) is 6.72. The van der Waals surface area contributed by atoms with Crippen molar-refractivity contribution in [1.82, 2.24) is 0 Å². The standard InChI is InChI=1S/C12H22O4/c1-10(13)6-4-2-3-5-7-11(14)8-9-12(15)16/h8-11,13-14H,2-7H2,1H3,(H,15,16)/b9-8+/t10-,11+/m1/s1. The molecule has 4 heteroatoms. The lowest BCUT2D eigenvalue weighted by Gasteiger charge is -2.06. The molecule has 0 aromatic rings. The van der Waals surface area contributed by atoms with E-state index in [9.17, 15) is 9.90 Å². The second kappa shape index (κ2) is 9.36. The lowest BCUT2D eigenvalue weighted by molar-refractivity contribution is -0.131. The highest BCUT2D eigenvalue weighted by molar-refractivity contribution is 5.79. The average Bonchev–Trinajstić information content (AvgIpc) is 2.19. The number of carbonyl (C=O) groups is 1. The quantitative estimate of drug-likeness (QED) is 0.416. The van der Waals surface area contributed by atoms with Crippen molar-refractivity contribution in [2.45, 2.75) is 57.7 Å². The van der Waals surface area contributed by atoms with Gasteiger partial charge in [0.05, 0.1) is 12.2 Å². The van der Waals surface area contributed by atoms with Gasteiger partial charge in [0.2, 0.25) is 0 Å². The van der Waals surface area contributed by atoms with E-state index in [-0.39, 0.29) is 6.10 Å². The molecule has 0 radical (unpaired) electrons. The molecule has 16 heavy (non-hydrogen) atoms. The fourth-order valence-corrected chi connectivity index (χ4v) is 1.44. The van der Waals surface area contributed by atoms with Gasteiger partial charge < -0.3 is 15.3 Å². The molecule has 94 valence electrons. The topological polar surface area (TPSA) is 77.8 Å². The summed E-state index contributed by atoms with van der Waals surface area (Å²) >= 11 is 0. The number of hydrogen-bond donors (Lipinski definition) is 3. The Hall–Kier alpha value is -0.870. The summed E-state index contributed by atoms with van der Waals surface area (Å²) in [6, 6.07) is 0. The number of aliphatic carboxylic acids is 1. The number of hydrogen-bond acceptors (Lipinski definition) is 3. The van der Waals surface area contributed by atoms with E-state index < -0.39 is 12.1 Å². The summed E-state index contributed by atoms with van der Waals surface area (Å²) in [5.74, 6) is -1.03. The Morgan fingerprint density at radius 1 is 1.12 bits per heavy atom. The van der Waals surface area contributed by atoms with Crippen molar-refractivity contribution >= 4 is 5.97 Å². The molecule has 0 rings (SSSR count). The maximum Gasteiger partial charge on any atom is 0.328 e. The first-order valence-electron chi connectivity index (χ1n) is 5.79. The predicted molar refractivity (Wildman–Crippen MR) is 62.2 cm³/mol. The van der Waals surface area contributed by atoms with Gasteiger partial charge in [-0.2, -0.15) is 0 Å². The Kier molecular flexibility index (Phi) is 8.85. The molecule has 4 nitrogen and oxygen atoms in total. The molecule has 0 aliphatic heterocycles. The average molecular weight is 230 g/mol. The highest BCUT2D eigenvalue weighted by atomic mass is 16.4. The van der Waals surface area contributed by atoms with Crippen LogP contribution in [0, 0.1) is 0 Å². The van der Waals surface area contributed by atoms with Gasteiger partial charge in [-0.15, -0.1) is 0 Å². The summed E-state index contributed by atoms with van der Waals surface area (Å²) in [7, 11) is 0. The van der Waals surface area contributed by atoms with E-state index >= 15 is 0 Å². The molecule has 0 aromatic heterocycles. The zero-order chi connectivity index (χ0) is 12.4. The van der Waals surface area contributed by atoms with Crippen LogP contribution in [0.1, 0.15) is 45.4 Å². The van der Waals surface area contributed by atoms with Gasteiger partial charge >= 0.3 is 5.97 Å². The zero-order valence-electron chi connectivity index (χ0n) is 9.80. The Bertz CT molecular complexity index is 211. The normalized spacial score (nSPS) is 15.2. The number of carboxylic acid groups (broad SMARTS) is 1. The van der Waals surface area contributed by atoms with Crippen molar-refractivity contribution in [1.29, 1.82) is 0 Å². The molecule has 0 aliphatic rings. The molecule has 2 atom stereocenters. The molecule has 0 saturated heterocycles. The molecule has 0 heterocycles. The van der Waals surface area contributed by atoms with Gasteiger partial charge in [0.1, 0.15) is 0 Å². The summed E-state index contributed by atoms with van der Waals surface area (Å²) in [5, 5.41) is 26.7. The van der Waals surface area contributed by atoms with E-state index in [0.29, 0.717) is 6.42 Å². The van der Waals surface area contributed by atoms with Crippen molar-refractivity contribution in [2.75, 3.05) is 0 Å². The first-order valence-corrected chi connectivity index (χ1v) is 5.79. The lowest BCUT2D eigenvalue weighted by atomic mass is 10.1. The summed E-state index contributed by atoms with van der Waals surface area (Å²) in [4.78, 5) is 10.2. The number of carboxylic acids is 1. The molecule has 0 bridgehead atoms. The minimum atomic E-state index is -1.03. The third kappa shape index (κ3) is 11.2.